The summed E-state index contributed by atoms with van der Waals surface area (Å²) in [6, 6.07) is 9.15. The van der Waals surface area contributed by atoms with Gasteiger partial charge in [-0.05, 0) is 42.0 Å². The zero-order valence-electron chi connectivity index (χ0n) is 14.6. The first-order valence-electron chi connectivity index (χ1n) is 7.75. The molecule has 2 aromatic rings. The van der Waals surface area contributed by atoms with Crippen LogP contribution in [-0.2, 0) is 9.47 Å². The number of urea groups is 1. The Morgan fingerprint density at radius 2 is 1.74 bits per heavy atom. The molecule has 2 amide bonds. The number of methoxy groups -OCH3 is 2. The van der Waals surface area contributed by atoms with Crippen molar-refractivity contribution < 1.29 is 28.2 Å². The number of hydrogen-bond donors (Lipinski definition) is 2. The lowest BCUT2D eigenvalue weighted by molar-refractivity contribution is 0.0587. The van der Waals surface area contributed by atoms with Crippen LogP contribution in [0.3, 0.4) is 0 Å². The summed E-state index contributed by atoms with van der Waals surface area (Å²) in [5.41, 5.74) is 0.838. The molecular formula is C19H17FN2O5. The highest BCUT2D eigenvalue weighted by molar-refractivity contribution is 6.03. The van der Waals surface area contributed by atoms with E-state index in [9.17, 15) is 18.8 Å². The van der Waals surface area contributed by atoms with E-state index in [1.165, 1.54) is 62.9 Å². The highest BCUT2D eigenvalue weighted by Gasteiger charge is 2.17. The van der Waals surface area contributed by atoms with Crippen molar-refractivity contribution in [1.29, 1.82) is 0 Å². The number of amides is 2. The highest BCUT2D eigenvalue weighted by Crippen LogP contribution is 2.19. The topological polar surface area (TPSA) is 93.7 Å². The fourth-order valence-corrected chi connectivity index (χ4v) is 2.16. The fraction of sp³-hybridized carbons (Fsp3) is 0.105. The Balaban J connectivity index is 2.14. The molecular weight excluding hydrogens is 355 g/mol. The number of esters is 2. The molecule has 7 nitrogen and oxygen atoms in total. The zero-order valence-corrected chi connectivity index (χ0v) is 14.6. The minimum atomic E-state index is -0.683. The van der Waals surface area contributed by atoms with Crippen LogP contribution in [0.5, 0.6) is 0 Å². The molecule has 0 saturated heterocycles. The molecule has 0 fully saturated rings. The summed E-state index contributed by atoms with van der Waals surface area (Å²) >= 11 is 0. The molecule has 0 radical (unpaired) electrons. The van der Waals surface area contributed by atoms with E-state index in [4.69, 9.17) is 0 Å². The number of rotatable bonds is 5. The van der Waals surface area contributed by atoms with E-state index >= 15 is 0 Å². The molecule has 0 heterocycles. The number of ether oxygens (including phenoxy) is 2. The van der Waals surface area contributed by atoms with Crippen LogP contribution in [0.4, 0.5) is 14.9 Å². The molecule has 2 rings (SSSR count). The van der Waals surface area contributed by atoms with Crippen molar-refractivity contribution >= 4 is 29.7 Å². The smallest absolute Gasteiger partial charge is 0.339 e. The van der Waals surface area contributed by atoms with Crippen molar-refractivity contribution in [2.75, 3.05) is 19.5 Å². The van der Waals surface area contributed by atoms with Crippen molar-refractivity contribution in [3.8, 4) is 0 Å². The normalized spacial score (nSPS) is 10.3. The maximum atomic E-state index is 13.1. The molecule has 0 aliphatic rings. The van der Waals surface area contributed by atoms with Crippen molar-refractivity contribution in [1.82, 2.24) is 5.32 Å². The lowest BCUT2D eigenvalue weighted by Gasteiger charge is -2.11. The van der Waals surface area contributed by atoms with Crippen molar-refractivity contribution in [2.24, 2.45) is 0 Å². The van der Waals surface area contributed by atoms with Crippen molar-refractivity contribution in [3.63, 3.8) is 0 Å². The quantitative estimate of drug-likeness (QED) is 0.786. The van der Waals surface area contributed by atoms with Gasteiger partial charge in [0.05, 0.1) is 31.0 Å². The number of benzene rings is 2. The van der Waals surface area contributed by atoms with Crippen LogP contribution in [0.15, 0.2) is 48.7 Å². The Bertz CT molecular complexity index is 895. The van der Waals surface area contributed by atoms with Crippen molar-refractivity contribution in [3.05, 3.63) is 71.2 Å². The Hall–Kier alpha value is -3.68. The number of halogens is 1. The minimum Gasteiger partial charge on any atom is -0.465 e. The van der Waals surface area contributed by atoms with Crippen molar-refractivity contribution in [2.45, 2.75) is 0 Å². The average molecular weight is 372 g/mol. The molecule has 0 aliphatic heterocycles. The van der Waals surface area contributed by atoms with Gasteiger partial charge in [0.15, 0.2) is 0 Å². The Kier molecular flexibility index (Phi) is 6.65. The molecule has 140 valence electrons. The Labute approximate surface area is 154 Å². The third kappa shape index (κ3) is 5.40. The predicted molar refractivity (Wildman–Crippen MR) is 96.7 cm³/mol. The van der Waals surface area contributed by atoms with Gasteiger partial charge in [-0.15, -0.1) is 0 Å². The van der Waals surface area contributed by atoms with Gasteiger partial charge in [0, 0.05) is 6.20 Å². The van der Waals surface area contributed by atoms with E-state index in [1.54, 1.807) is 6.07 Å². The molecule has 0 aromatic heterocycles. The maximum absolute atomic E-state index is 13.1. The summed E-state index contributed by atoms with van der Waals surface area (Å²) in [4.78, 5) is 35.6. The number of anilines is 1. The van der Waals surface area contributed by atoms with Crippen LogP contribution in [0, 0.1) is 5.82 Å². The van der Waals surface area contributed by atoms with Crippen LogP contribution in [0.1, 0.15) is 26.3 Å². The number of nitrogens with one attached hydrogen (secondary N) is 2. The average Bonchev–Trinajstić information content (AvgIpc) is 2.66. The van der Waals surface area contributed by atoms with Crippen LogP contribution < -0.4 is 10.6 Å². The molecule has 0 spiro atoms. The van der Waals surface area contributed by atoms with Gasteiger partial charge in [-0.2, -0.15) is 0 Å². The number of carbonyl (C=O) groups excluding carboxylic acids is 3. The Morgan fingerprint density at radius 1 is 1.00 bits per heavy atom. The second kappa shape index (κ2) is 9.14. The van der Waals surface area contributed by atoms with Gasteiger partial charge in [0.1, 0.15) is 5.82 Å². The van der Waals surface area contributed by atoms with Gasteiger partial charge >= 0.3 is 18.0 Å². The fourth-order valence-electron chi connectivity index (χ4n) is 2.16. The van der Waals surface area contributed by atoms with Gasteiger partial charge in [-0.25, -0.2) is 18.8 Å². The number of hydrogen-bond acceptors (Lipinski definition) is 5. The molecule has 0 atom stereocenters. The minimum absolute atomic E-state index is 0.0643. The van der Waals surface area contributed by atoms with E-state index in [1.807, 2.05) is 0 Å². The third-order valence-electron chi connectivity index (χ3n) is 3.43. The van der Waals surface area contributed by atoms with Gasteiger partial charge in [0.25, 0.3) is 0 Å². The molecule has 0 unspecified atom stereocenters. The highest BCUT2D eigenvalue weighted by atomic mass is 19.1. The van der Waals surface area contributed by atoms with E-state index in [0.717, 1.165) is 0 Å². The first-order valence-corrected chi connectivity index (χ1v) is 7.75. The summed E-state index contributed by atoms with van der Waals surface area (Å²) < 4.78 is 22.4. The largest absolute Gasteiger partial charge is 0.465 e. The molecule has 2 aromatic carbocycles. The summed E-state index contributed by atoms with van der Waals surface area (Å²) in [5.74, 6) is -1.71. The van der Waals surface area contributed by atoms with E-state index in [-0.39, 0.29) is 16.8 Å². The third-order valence-corrected chi connectivity index (χ3v) is 3.43. The molecule has 8 heteroatoms. The monoisotopic (exact) mass is 372 g/mol. The molecule has 2 N–H and O–H groups in total. The zero-order chi connectivity index (χ0) is 19.8. The second-order valence-electron chi connectivity index (χ2n) is 5.23. The van der Waals surface area contributed by atoms with Crippen LogP contribution in [0.2, 0.25) is 0 Å². The molecule has 0 bridgehead atoms. The number of carbonyl (C=O) groups is 3. The summed E-state index contributed by atoms with van der Waals surface area (Å²) in [6.45, 7) is 0. The Morgan fingerprint density at radius 3 is 2.41 bits per heavy atom. The summed E-state index contributed by atoms with van der Waals surface area (Å²) in [7, 11) is 2.41. The van der Waals surface area contributed by atoms with Gasteiger partial charge < -0.3 is 20.1 Å². The molecule has 0 aliphatic carbocycles. The SMILES string of the molecule is COC(=O)c1ccc(C(=O)OC)c(NC(=O)N/C=C/c2cccc(F)c2)c1. The maximum Gasteiger partial charge on any atom is 0.339 e. The lowest BCUT2D eigenvalue weighted by Crippen LogP contribution is -2.25. The van der Waals surface area contributed by atoms with Gasteiger partial charge in [-0.3, -0.25) is 0 Å². The van der Waals surface area contributed by atoms with Crippen LogP contribution in [0.25, 0.3) is 6.08 Å². The van der Waals surface area contributed by atoms with E-state index in [0.29, 0.717) is 5.56 Å². The van der Waals surface area contributed by atoms with Crippen LogP contribution >= 0.6 is 0 Å². The van der Waals surface area contributed by atoms with Gasteiger partial charge in [0.2, 0.25) is 0 Å². The van der Waals surface area contributed by atoms with E-state index < -0.39 is 23.8 Å². The predicted octanol–water partition coefficient (Wildman–Crippen LogP) is 3.19. The summed E-state index contributed by atoms with van der Waals surface area (Å²) in [5, 5.41) is 4.88. The molecule has 27 heavy (non-hydrogen) atoms. The first-order chi connectivity index (χ1) is 12.9. The second-order valence-corrected chi connectivity index (χ2v) is 5.23. The van der Waals surface area contributed by atoms with Crippen LogP contribution in [-0.4, -0.2) is 32.2 Å². The lowest BCUT2D eigenvalue weighted by atomic mass is 10.1. The molecule has 0 saturated carbocycles. The summed E-state index contributed by atoms with van der Waals surface area (Å²) in [6.07, 6.45) is 2.81. The first kappa shape index (κ1) is 19.6. The van der Waals surface area contributed by atoms with Gasteiger partial charge in [-0.1, -0.05) is 12.1 Å². The standard InChI is InChI=1S/C19H17FN2O5/c1-26-17(23)13-6-7-15(18(24)27-2)16(11-13)22-19(25)21-9-8-12-4-3-5-14(20)10-12/h3-11H,1-2H3,(H2,21,22,25)/b9-8+. The van der Waals surface area contributed by atoms with E-state index in [2.05, 4.69) is 20.1 Å².